The van der Waals surface area contributed by atoms with Crippen LogP contribution in [-0.4, -0.2) is 36.7 Å². The standard InChI is InChI=1S/C15H26N2O2/c1-11(2)16-8-14-7-15(19-13(14)4)10-17-5-6-18-12(3)9-17/h7,11-12,16H,5-6,8-10H2,1-4H3. The molecule has 0 saturated carbocycles. The molecule has 4 heteroatoms. The third-order valence-corrected chi connectivity index (χ3v) is 3.48. The molecule has 1 unspecified atom stereocenters. The zero-order valence-corrected chi connectivity index (χ0v) is 12.5. The Labute approximate surface area is 116 Å². The highest BCUT2D eigenvalue weighted by Crippen LogP contribution is 2.17. The van der Waals surface area contributed by atoms with Gasteiger partial charge in [-0.25, -0.2) is 0 Å². The number of nitrogens with zero attached hydrogens (tertiary/aromatic N) is 1. The van der Waals surface area contributed by atoms with Crippen LogP contribution in [-0.2, 0) is 17.8 Å². The molecule has 0 spiro atoms. The van der Waals surface area contributed by atoms with E-state index in [-0.39, 0.29) is 0 Å². The zero-order chi connectivity index (χ0) is 13.8. The second-order valence-corrected chi connectivity index (χ2v) is 5.75. The van der Waals surface area contributed by atoms with Crippen molar-refractivity contribution >= 4 is 0 Å². The Hall–Kier alpha value is -0.840. The van der Waals surface area contributed by atoms with E-state index < -0.39 is 0 Å². The Morgan fingerprint density at radius 2 is 2.26 bits per heavy atom. The molecule has 1 aliphatic rings. The summed E-state index contributed by atoms with van der Waals surface area (Å²) in [5.41, 5.74) is 1.27. The molecule has 1 aromatic rings. The summed E-state index contributed by atoms with van der Waals surface area (Å²) in [7, 11) is 0. The highest BCUT2D eigenvalue weighted by Gasteiger charge is 2.18. The minimum atomic E-state index is 0.326. The minimum absolute atomic E-state index is 0.326. The van der Waals surface area contributed by atoms with Crippen LogP contribution in [0.3, 0.4) is 0 Å². The van der Waals surface area contributed by atoms with Gasteiger partial charge >= 0.3 is 0 Å². The first-order valence-corrected chi connectivity index (χ1v) is 7.20. The van der Waals surface area contributed by atoms with Gasteiger partial charge in [-0.05, 0) is 19.9 Å². The van der Waals surface area contributed by atoms with Crippen molar-refractivity contribution in [3.05, 3.63) is 23.2 Å². The number of aryl methyl sites for hydroxylation is 1. The van der Waals surface area contributed by atoms with Crippen LogP contribution in [0.4, 0.5) is 0 Å². The van der Waals surface area contributed by atoms with Gasteiger partial charge in [0.15, 0.2) is 0 Å². The monoisotopic (exact) mass is 266 g/mol. The molecule has 1 N–H and O–H groups in total. The minimum Gasteiger partial charge on any atom is -0.465 e. The van der Waals surface area contributed by atoms with Crippen molar-refractivity contribution in [2.75, 3.05) is 19.7 Å². The van der Waals surface area contributed by atoms with E-state index in [9.17, 15) is 0 Å². The first-order chi connectivity index (χ1) is 9.04. The summed E-state index contributed by atoms with van der Waals surface area (Å²) < 4.78 is 11.4. The second kappa shape index (κ2) is 6.55. The number of hydrogen-bond donors (Lipinski definition) is 1. The number of morpholine rings is 1. The van der Waals surface area contributed by atoms with E-state index in [0.29, 0.717) is 12.1 Å². The predicted molar refractivity (Wildman–Crippen MR) is 76.1 cm³/mol. The smallest absolute Gasteiger partial charge is 0.118 e. The fourth-order valence-electron chi connectivity index (χ4n) is 2.41. The Kier molecular flexibility index (Phi) is 5.02. The normalized spacial score (nSPS) is 21.2. The maximum Gasteiger partial charge on any atom is 0.118 e. The predicted octanol–water partition coefficient (Wildman–Crippen LogP) is 2.31. The topological polar surface area (TPSA) is 37.6 Å². The largest absolute Gasteiger partial charge is 0.465 e. The number of hydrogen-bond acceptors (Lipinski definition) is 4. The lowest BCUT2D eigenvalue weighted by atomic mass is 10.2. The van der Waals surface area contributed by atoms with Crippen LogP contribution in [0.2, 0.25) is 0 Å². The van der Waals surface area contributed by atoms with Crippen LogP contribution >= 0.6 is 0 Å². The molecule has 1 aromatic heterocycles. The first-order valence-electron chi connectivity index (χ1n) is 7.20. The maximum absolute atomic E-state index is 5.86. The van der Waals surface area contributed by atoms with Gasteiger partial charge < -0.3 is 14.5 Å². The molecule has 4 nitrogen and oxygen atoms in total. The molecule has 0 aliphatic carbocycles. The second-order valence-electron chi connectivity index (χ2n) is 5.75. The quantitative estimate of drug-likeness (QED) is 0.887. The van der Waals surface area contributed by atoms with Crippen molar-refractivity contribution in [2.24, 2.45) is 0 Å². The van der Waals surface area contributed by atoms with Crippen LogP contribution in [0.5, 0.6) is 0 Å². The molecule has 1 fully saturated rings. The summed E-state index contributed by atoms with van der Waals surface area (Å²) in [6.07, 6.45) is 0.326. The zero-order valence-electron chi connectivity index (χ0n) is 12.5. The lowest BCUT2D eigenvalue weighted by Gasteiger charge is -2.30. The van der Waals surface area contributed by atoms with Crippen LogP contribution in [0, 0.1) is 6.92 Å². The number of ether oxygens (including phenoxy) is 1. The van der Waals surface area contributed by atoms with Gasteiger partial charge in [-0.2, -0.15) is 0 Å². The van der Waals surface area contributed by atoms with Crippen molar-refractivity contribution in [1.82, 2.24) is 10.2 Å². The van der Waals surface area contributed by atoms with Crippen molar-refractivity contribution < 1.29 is 9.15 Å². The van der Waals surface area contributed by atoms with Gasteiger partial charge in [-0.3, -0.25) is 4.90 Å². The molecule has 2 rings (SSSR count). The van der Waals surface area contributed by atoms with Crippen LogP contribution in [0.1, 0.15) is 37.9 Å². The summed E-state index contributed by atoms with van der Waals surface area (Å²) in [6, 6.07) is 2.68. The van der Waals surface area contributed by atoms with E-state index in [1.165, 1.54) is 5.56 Å². The molecule has 1 aliphatic heterocycles. The molecule has 2 heterocycles. The Balaban J connectivity index is 1.91. The summed E-state index contributed by atoms with van der Waals surface area (Å²) >= 11 is 0. The third kappa shape index (κ3) is 4.34. The number of furan rings is 1. The summed E-state index contributed by atoms with van der Waals surface area (Å²) in [5.74, 6) is 2.09. The molecule has 108 valence electrons. The lowest BCUT2D eigenvalue weighted by Crippen LogP contribution is -2.40. The maximum atomic E-state index is 5.86. The van der Waals surface area contributed by atoms with Gasteiger partial charge in [-0.15, -0.1) is 0 Å². The van der Waals surface area contributed by atoms with E-state index in [2.05, 4.69) is 37.1 Å². The van der Waals surface area contributed by atoms with Gasteiger partial charge in [0.2, 0.25) is 0 Å². The van der Waals surface area contributed by atoms with Crippen molar-refractivity contribution in [2.45, 2.75) is 52.9 Å². The highest BCUT2D eigenvalue weighted by molar-refractivity contribution is 5.20. The van der Waals surface area contributed by atoms with Gasteiger partial charge in [0.1, 0.15) is 11.5 Å². The van der Waals surface area contributed by atoms with Gasteiger partial charge in [-0.1, -0.05) is 13.8 Å². The fourth-order valence-corrected chi connectivity index (χ4v) is 2.41. The molecule has 1 saturated heterocycles. The molecule has 19 heavy (non-hydrogen) atoms. The van der Waals surface area contributed by atoms with E-state index in [1.54, 1.807) is 0 Å². The van der Waals surface area contributed by atoms with Gasteiger partial charge in [0.05, 0.1) is 19.3 Å². The molecule has 0 radical (unpaired) electrons. The lowest BCUT2D eigenvalue weighted by molar-refractivity contribution is -0.0231. The number of rotatable bonds is 5. The van der Waals surface area contributed by atoms with E-state index in [1.807, 2.05) is 6.92 Å². The van der Waals surface area contributed by atoms with Crippen LogP contribution < -0.4 is 5.32 Å². The Morgan fingerprint density at radius 1 is 1.47 bits per heavy atom. The molecule has 0 bridgehead atoms. The van der Waals surface area contributed by atoms with E-state index >= 15 is 0 Å². The fraction of sp³-hybridized carbons (Fsp3) is 0.733. The van der Waals surface area contributed by atoms with E-state index in [0.717, 1.165) is 44.3 Å². The molecular weight excluding hydrogens is 240 g/mol. The number of nitrogens with one attached hydrogen (secondary N) is 1. The summed E-state index contributed by atoms with van der Waals surface area (Å²) in [4.78, 5) is 2.39. The molecule has 0 amide bonds. The van der Waals surface area contributed by atoms with Crippen molar-refractivity contribution in [1.29, 1.82) is 0 Å². The SMILES string of the molecule is Cc1oc(CN2CCOC(C)C2)cc1CNC(C)C. The van der Waals surface area contributed by atoms with Crippen LogP contribution in [0.15, 0.2) is 10.5 Å². The Morgan fingerprint density at radius 3 is 2.95 bits per heavy atom. The van der Waals surface area contributed by atoms with Crippen molar-refractivity contribution in [3.8, 4) is 0 Å². The van der Waals surface area contributed by atoms with E-state index in [4.69, 9.17) is 9.15 Å². The first kappa shape index (κ1) is 14.6. The molecular formula is C15H26N2O2. The van der Waals surface area contributed by atoms with Crippen LogP contribution in [0.25, 0.3) is 0 Å². The highest BCUT2D eigenvalue weighted by atomic mass is 16.5. The average Bonchev–Trinajstić information content (AvgIpc) is 2.67. The van der Waals surface area contributed by atoms with Gasteiger partial charge in [0, 0.05) is 31.2 Å². The summed E-state index contributed by atoms with van der Waals surface area (Å²) in [6.45, 7) is 13.0. The van der Waals surface area contributed by atoms with Crippen molar-refractivity contribution in [3.63, 3.8) is 0 Å². The van der Waals surface area contributed by atoms with Gasteiger partial charge in [0.25, 0.3) is 0 Å². The average molecular weight is 266 g/mol. The Bertz CT molecular complexity index is 401. The molecule has 1 atom stereocenters. The summed E-state index contributed by atoms with van der Waals surface area (Å²) in [5, 5.41) is 3.43. The third-order valence-electron chi connectivity index (χ3n) is 3.48. The molecule has 0 aromatic carbocycles.